The molecule has 0 aliphatic rings. The van der Waals surface area contributed by atoms with Crippen molar-refractivity contribution in [2.45, 2.75) is 52.9 Å². The van der Waals surface area contributed by atoms with Crippen molar-refractivity contribution in [3.63, 3.8) is 0 Å². The van der Waals surface area contributed by atoms with Crippen LogP contribution >= 0.6 is 0 Å². The zero-order valence-electron chi connectivity index (χ0n) is 11.1. The van der Waals surface area contributed by atoms with Crippen molar-refractivity contribution in [2.24, 2.45) is 0 Å². The summed E-state index contributed by atoms with van der Waals surface area (Å²) in [6, 6.07) is 0. The average Bonchev–Trinajstić information content (AvgIpc) is 2.78. The van der Waals surface area contributed by atoms with Crippen LogP contribution in [0.25, 0.3) is 0 Å². The highest BCUT2D eigenvalue weighted by Gasteiger charge is 2.15. The Balaban J connectivity index is 2.51. The molecule has 0 aromatic carbocycles. The molecule has 0 atom stereocenters. The zero-order valence-corrected chi connectivity index (χ0v) is 11.1. The van der Waals surface area contributed by atoms with Crippen LogP contribution in [0.1, 0.15) is 52.0 Å². The molecule has 0 N–H and O–H groups in total. The van der Waals surface area contributed by atoms with Gasteiger partial charge in [-0.15, -0.1) is 5.10 Å². The molecular weight excluding hydrogens is 218 g/mol. The molecule has 1 rings (SSSR count). The lowest BCUT2D eigenvalue weighted by atomic mass is 10.2. The summed E-state index contributed by atoms with van der Waals surface area (Å²) in [4.78, 5) is 0. The minimum absolute atomic E-state index is 0.384. The number of unbranched alkanes of at least 4 members (excludes halogenated alkanes) is 2. The van der Waals surface area contributed by atoms with E-state index in [1.807, 2.05) is 24.7 Å². The number of aryl methyl sites for hydroxylation is 1. The molecule has 0 saturated heterocycles. The number of rotatable bonds is 9. The van der Waals surface area contributed by atoms with E-state index in [9.17, 15) is 0 Å². The van der Waals surface area contributed by atoms with Crippen LogP contribution in [0.2, 0.25) is 0 Å². The van der Waals surface area contributed by atoms with Gasteiger partial charge in [0.2, 0.25) is 6.29 Å². The monoisotopic (exact) mass is 241 g/mol. The first-order valence-electron chi connectivity index (χ1n) is 6.45. The Morgan fingerprint density at radius 1 is 1.18 bits per heavy atom. The first-order chi connectivity index (χ1) is 8.31. The molecule has 0 aliphatic heterocycles. The fourth-order valence-electron chi connectivity index (χ4n) is 1.58. The van der Waals surface area contributed by atoms with Crippen LogP contribution in [0.5, 0.6) is 0 Å². The van der Waals surface area contributed by atoms with E-state index in [0.717, 1.165) is 18.7 Å². The number of nitrogens with zero attached hydrogens (tertiary/aromatic N) is 3. The van der Waals surface area contributed by atoms with Gasteiger partial charge in [0.25, 0.3) is 0 Å². The quantitative estimate of drug-likeness (QED) is 0.492. The van der Waals surface area contributed by atoms with Crippen LogP contribution < -0.4 is 0 Å². The van der Waals surface area contributed by atoms with Crippen LogP contribution in [-0.2, 0) is 16.0 Å². The Hall–Kier alpha value is -0.940. The SMILES string of the molecule is CCCCCn1cc(C(OCC)OCC)nn1. The van der Waals surface area contributed by atoms with E-state index in [0.29, 0.717) is 13.2 Å². The summed E-state index contributed by atoms with van der Waals surface area (Å²) in [5.74, 6) is 0. The summed E-state index contributed by atoms with van der Waals surface area (Å²) in [7, 11) is 0. The predicted octanol–water partition coefficient (Wildman–Crippen LogP) is 2.54. The summed E-state index contributed by atoms with van der Waals surface area (Å²) in [5.41, 5.74) is 0.755. The van der Waals surface area contributed by atoms with Gasteiger partial charge < -0.3 is 9.47 Å². The maximum atomic E-state index is 5.47. The van der Waals surface area contributed by atoms with E-state index in [1.165, 1.54) is 12.8 Å². The molecule has 0 radical (unpaired) electrons. The van der Waals surface area contributed by atoms with Gasteiger partial charge in [0, 0.05) is 19.8 Å². The predicted molar refractivity (Wildman–Crippen MR) is 65.5 cm³/mol. The maximum absolute atomic E-state index is 5.47. The fourth-order valence-corrected chi connectivity index (χ4v) is 1.58. The Bertz CT molecular complexity index is 296. The van der Waals surface area contributed by atoms with Crippen LogP contribution in [0.3, 0.4) is 0 Å². The van der Waals surface area contributed by atoms with Gasteiger partial charge >= 0.3 is 0 Å². The van der Waals surface area contributed by atoms with E-state index in [4.69, 9.17) is 9.47 Å². The highest BCUT2D eigenvalue weighted by atomic mass is 16.7. The molecule has 0 spiro atoms. The lowest BCUT2D eigenvalue weighted by molar-refractivity contribution is -0.142. The number of hydrogen-bond acceptors (Lipinski definition) is 4. The summed E-state index contributed by atoms with van der Waals surface area (Å²) >= 11 is 0. The lowest BCUT2D eigenvalue weighted by Crippen LogP contribution is -2.09. The molecule has 0 fully saturated rings. The third kappa shape index (κ3) is 4.83. The standard InChI is InChI=1S/C12H23N3O2/c1-4-7-8-9-15-10-11(13-14-15)12(16-5-2)17-6-3/h10,12H,4-9H2,1-3H3. The van der Waals surface area contributed by atoms with Crippen LogP contribution in [-0.4, -0.2) is 28.2 Å². The molecule has 0 aliphatic carbocycles. The van der Waals surface area contributed by atoms with Crippen LogP contribution in [0.4, 0.5) is 0 Å². The highest BCUT2D eigenvalue weighted by Crippen LogP contribution is 2.15. The molecule has 0 amide bonds. The average molecular weight is 241 g/mol. The summed E-state index contributed by atoms with van der Waals surface area (Å²) < 4.78 is 12.8. The van der Waals surface area contributed by atoms with E-state index in [2.05, 4.69) is 17.2 Å². The van der Waals surface area contributed by atoms with E-state index < -0.39 is 0 Å². The molecule has 0 unspecified atom stereocenters. The van der Waals surface area contributed by atoms with Gasteiger partial charge in [0.1, 0.15) is 5.69 Å². The molecule has 5 nitrogen and oxygen atoms in total. The normalized spacial score (nSPS) is 11.3. The Morgan fingerprint density at radius 3 is 2.47 bits per heavy atom. The Morgan fingerprint density at radius 2 is 1.88 bits per heavy atom. The fraction of sp³-hybridized carbons (Fsp3) is 0.833. The van der Waals surface area contributed by atoms with Crippen molar-refractivity contribution in [1.29, 1.82) is 0 Å². The van der Waals surface area contributed by atoms with Crippen molar-refractivity contribution in [2.75, 3.05) is 13.2 Å². The summed E-state index contributed by atoms with van der Waals surface area (Å²) in [5, 5.41) is 8.18. The van der Waals surface area contributed by atoms with Crippen molar-refractivity contribution < 1.29 is 9.47 Å². The van der Waals surface area contributed by atoms with Gasteiger partial charge in [0.15, 0.2) is 0 Å². The largest absolute Gasteiger partial charge is 0.347 e. The Kier molecular flexibility index (Phi) is 6.81. The summed E-state index contributed by atoms with van der Waals surface area (Å²) in [6.45, 7) is 8.19. The third-order valence-corrected chi connectivity index (χ3v) is 2.42. The van der Waals surface area contributed by atoms with Gasteiger partial charge in [-0.1, -0.05) is 25.0 Å². The molecule has 0 bridgehead atoms. The van der Waals surface area contributed by atoms with E-state index in [1.54, 1.807) is 0 Å². The van der Waals surface area contributed by atoms with Crippen LogP contribution in [0.15, 0.2) is 6.20 Å². The van der Waals surface area contributed by atoms with Crippen molar-refractivity contribution >= 4 is 0 Å². The second-order valence-electron chi connectivity index (χ2n) is 3.86. The molecule has 1 heterocycles. The number of hydrogen-bond donors (Lipinski definition) is 0. The topological polar surface area (TPSA) is 49.2 Å². The zero-order chi connectivity index (χ0) is 12.5. The second-order valence-corrected chi connectivity index (χ2v) is 3.86. The molecule has 17 heavy (non-hydrogen) atoms. The smallest absolute Gasteiger partial charge is 0.204 e. The molecule has 98 valence electrons. The summed E-state index contributed by atoms with van der Waals surface area (Å²) in [6.07, 6.45) is 5.08. The van der Waals surface area contributed by atoms with Gasteiger partial charge in [0.05, 0.1) is 6.20 Å². The minimum atomic E-state index is -0.384. The van der Waals surface area contributed by atoms with Gasteiger partial charge in [-0.05, 0) is 20.3 Å². The first kappa shape index (κ1) is 14.1. The van der Waals surface area contributed by atoms with Crippen molar-refractivity contribution in [3.8, 4) is 0 Å². The lowest BCUT2D eigenvalue weighted by Gasteiger charge is -2.13. The number of ether oxygens (including phenoxy) is 2. The molecule has 5 heteroatoms. The molecule has 1 aromatic rings. The highest BCUT2D eigenvalue weighted by molar-refractivity contribution is 4.94. The van der Waals surface area contributed by atoms with Gasteiger partial charge in [-0.3, -0.25) is 4.68 Å². The van der Waals surface area contributed by atoms with Gasteiger partial charge in [-0.2, -0.15) is 0 Å². The van der Waals surface area contributed by atoms with E-state index in [-0.39, 0.29) is 6.29 Å². The molecule has 0 saturated carbocycles. The van der Waals surface area contributed by atoms with Crippen LogP contribution in [0, 0.1) is 0 Å². The maximum Gasteiger partial charge on any atom is 0.204 e. The Labute approximate surface area is 103 Å². The molecular formula is C12H23N3O2. The molecule has 1 aromatic heterocycles. The number of aromatic nitrogens is 3. The third-order valence-electron chi connectivity index (χ3n) is 2.42. The van der Waals surface area contributed by atoms with Crippen molar-refractivity contribution in [3.05, 3.63) is 11.9 Å². The minimum Gasteiger partial charge on any atom is -0.347 e. The van der Waals surface area contributed by atoms with Gasteiger partial charge in [-0.25, -0.2) is 0 Å². The van der Waals surface area contributed by atoms with E-state index >= 15 is 0 Å². The first-order valence-corrected chi connectivity index (χ1v) is 6.45. The van der Waals surface area contributed by atoms with Crippen molar-refractivity contribution in [1.82, 2.24) is 15.0 Å². The second kappa shape index (κ2) is 8.20.